The van der Waals surface area contributed by atoms with Gasteiger partial charge in [-0.25, -0.2) is 0 Å². The molecule has 1 amide bonds. The summed E-state index contributed by atoms with van der Waals surface area (Å²) in [5, 5.41) is 0.740. The Bertz CT molecular complexity index is 1120. The number of carbonyl (C=O) groups is 1. The maximum absolute atomic E-state index is 12.8. The summed E-state index contributed by atoms with van der Waals surface area (Å²) < 4.78 is 6.42. The van der Waals surface area contributed by atoms with Crippen LogP contribution in [0.1, 0.15) is 11.1 Å². The molecular formula is C25H20ClNO2S3. The normalized spacial score (nSPS) is 14.9. The van der Waals surface area contributed by atoms with E-state index in [1.54, 1.807) is 16.7 Å². The lowest BCUT2D eigenvalue weighted by molar-refractivity contribution is -0.122. The average Bonchev–Trinajstić information content (AvgIpc) is 3.07. The molecule has 3 aromatic carbocycles. The third-order valence-corrected chi connectivity index (χ3v) is 7.28. The van der Waals surface area contributed by atoms with Crippen LogP contribution in [0.15, 0.2) is 88.7 Å². The van der Waals surface area contributed by atoms with Gasteiger partial charge in [0.15, 0.2) is 0 Å². The molecule has 1 saturated heterocycles. The van der Waals surface area contributed by atoms with Crippen molar-refractivity contribution < 1.29 is 9.53 Å². The third kappa shape index (κ3) is 6.17. The molecule has 0 atom stereocenters. The number of halogens is 1. The fourth-order valence-electron chi connectivity index (χ4n) is 3.06. The van der Waals surface area contributed by atoms with Gasteiger partial charge in [0.05, 0.1) is 18.1 Å². The maximum atomic E-state index is 12.8. The summed E-state index contributed by atoms with van der Waals surface area (Å²) in [4.78, 5) is 16.3. The van der Waals surface area contributed by atoms with Crippen LogP contribution < -0.4 is 4.74 Å². The summed E-state index contributed by atoms with van der Waals surface area (Å²) in [6.07, 6.45) is 1.88. The highest BCUT2D eigenvalue weighted by Crippen LogP contribution is 2.33. The van der Waals surface area contributed by atoms with Crippen molar-refractivity contribution in [3.05, 3.63) is 99.9 Å². The molecule has 3 aromatic rings. The number of hydrogen-bond acceptors (Lipinski definition) is 5. The van der Waals surface area contributed by atoms with Gasteiger partial charge in [-0.05, 0) is 53.6 Å². The number of amides is 1. The second-order valence-electron chi connectivity index (χ2n) is 6.97. The smallest absolute Gasteiger partial charge is 0.266 e. The van der Waals surface area contributed by atoms with Gasteiger partial charge in [-0.3, -0.25) is 9.69 Å². The van der Waals surface area contributed by atoms with E-state index in [0.29, 0.717) is 22.4 Å². The standard InChI is InChI=1S/C25H20ClNO2S3/c26-20-8-12-22(13-9-20)31-15-14-29-21-10-6-18(7-11-21)16-23-24(28)27(25(30)32-23)17-19-4-2-1-3-5-19/h1-13,16H,14-15,17H2/b23-16-. The van der Waals surface area contributed by atoms with Crippen LogP contribution in [0.25, 0.3) is 6.08 Å². The molecule has 1 aliphatic rings. The SMILES string of the molecule is O=C1/C(=C/c2ccc(OCCSc3ccc(Cl)cc3)cc2)SC(=S)N1Cc1ccccc1. The van der Waals surface area contributed by atoms with Gasteiger partial charge in [0.1, 0.15) is 10.1 Å². The third-order valence-electron chi connectivity index (χ3n) is 4.67. The molecule has 4 rings (SSSR count). The van der Waals surface area contributed by atoms with Crippen molar-refractivity contribution in [1.82, 2.24) is 4.90 Å². The highest BCUT2D eigenvalue weighted by Gasteiger charge is 2.31. The second kappa shape index (κ2) is 11.1. The Morgan fingerprint density at radius 1 is 1.00 bits per heavy atom. The number of nitrogens with zero attached hydrogens (tertiary/aromatic N) is 1. The van der Waals surface area contributed by atoms with E-state index in [9.17, 15) is 4.79 Å². The number of rotatable bonds is 8. The van der Waals surface area contributed by atoms with E-state index in [0.717, 1.165) is 32.5 Å². The quantitative estimate of drug-likeness (QED) is 0.146. The van der Waals surface area contributed by atoms with E-state index >= 15 is 0 Å². The first-order chi connectivity index (χ1) is 15.6. The zero-order valence-electron chi connectivity index (χ0n) is 17.1. The summed E-state index contributed by atoms with van der Waals surface area (Å²) >= 11 is 14.4. The van der Waals surface area contributed by atoms with E-state index in [4.69, 9.17) is 28.6 Å². The lowest BCUT2D eigenvalue weighted by atomic mass is 10.2. The molecule has 0 spiro atoms. The molecule has 1 fully saturated rings. The van der Waals surface area contributed by atoms with Crippen LogP contribution in [0, 0.1) is 0 Å². The second-order valence-corrected chi connectivity index (χ2v) is 10.3. The minimum atomic E-state index is -0.0524. The monoisotopic (exact) mass is 497 g/mol. The van der Waals surface area contributed by atoms with Gasteiger partial charge in [-0.15, -0.1) is 11.8 Å². The summed E-state index contributed by atoms with van der Waals surface area (Å²) in [6.45, 7) is 1.09. The Kier molecular flexibility index (Phi) is 7.92. The molecule has 0 aliphatic carbocycles. The van der Waals surface area contributed by atoms with Crippen molar-refractivity contribution >= 4 is 63.6 Å². The number of hydrogen-bond donors (Lipinski definition) is 0. The van der Waals surface area contributed by atoms with E-state index in [1.165, 1.54) is 11.8 Å². The summed E-state index contributed by atoms with van der Waals surface area (Å²) in [7, 11) is 0. The van der Waals surface area contributed by atoms with Crippen molar-refractivity contribution in [2.45, 2.75) is 11.4 Å². The molecule has 0 unspecified atom stereocenters. The summed E-state index contributed by atoms with van der Waals surface area (Å²) in [5.41, 5.74) is 1.99. The van der Waals surface area contributed by atoms with Gasteiger partial charge < -0.3 is 4.74 Å². The van der Waals surface area contributed by atoms with Gasteiger partial charge in [0.2, 0.25) is 0 Å². The molecule has 162 valence electrons. The van der Waals surface area contributed by atoms with Gasteiger partial charge in [0.25, 0.3) is 5.91 Å². The van der Waals surface area contributed by atoms with Crippen LogP contribution in [-0.2, 0) is 11.3 Å². The molecule has 0 radical (unpaired) electrons. The highest BCUT2D eigenvalue weighted by atomic mass is 35.5. The molecule has 1 aliphatic heterocycles. The lowest BCUT2D eigenvalue weighted by Gasteiger charge is -2.14. The van der Waals surface area contributed by atoms with E-state index in [-0.39, 0.29) is 5.91 Å². The van der Waals surface area contributed by atoms with Gasteiger partial charge in [0, 0.05) is 15.7 Å². The highest BCUT2D eigenvalue weighted by molar-refractivity contribution is 8.26. The first-order valence-corrected chi connectivity index (χ1v) is 12.6. The molecule has 7 heteroatoms. The number of benzene rings is 3. The maximum Gasteiger partial charge on any atom is 0.266 e. The summed E-state index contributed by atoms with van der Waals surface area (Å²) in [5.74, 6) is 1.59. The fourth-order valence-corrected chi connectivity index (χ4v) is 5.18. The van der Waals surface area contributed by atoms with Crippen LogP contribution in [0.4, 0.5) is 0 Å². The van der Waals surface area contributed by atoms with E-state index in [2.05, 4.69) is 0 Å². The number of ether oxygens (including phenoxy) is 1. The van der Waals surface area contributed by atoms with Crippen molar-refractivity contribution in [1.29, 1.82) is 0 Å². The Morgan fingerprint density at radius 3 is 2.44 bits per heavy atom. The first-order valence-electron chi connectivity index (χ1n) is 9.99. The Balaban J connectivity index is 1.30. The van der Waals surface area contributed by atoms with Gasteiger partial charge in [-0.1, -0.05) is 78.0 Å². The minimum Gasteiger partial charge on any atom is -0.493 e. The van der Waals surface area contributed by atoms with Crippen LogP contribution in [0.3, 0.4) is 0 Å². The topological polar surface area (TPSA) is 29.5 Å². The number of carbonyl (C=O) groups excluding carboxylic acids is 1. The Labute approximate surface area is 206 Å². The summed E-state index contributed by atoms with van der Waals surface area (Å²) in [6, 6.07) is 25.4. The molecular weight excluding hydrogens is 478 g/mol. The number of thioether (sulfide) groups is 2. The van der Waals surface area contributed by atoms with Crippen LogP contribution >= 0.6 is 47.3 Å². The van der Waals surface area contributed by atoms with Crippen molar-refractivity contribution in [2.24, 2.45) is 0 Å². The largest absolute Gasteiger partial charge is 0.493 e. The van der Waals surface area contributed by atoms with Crippen LogP contribution in [0.5, 0.6) is 5.75 Å². The van der Waals surface area contributed by atoms with Crippen LogP contribution in [0.2, 0.25) is 5.02 Å². The van der Waals surface area contributed by atoms with E-state index in [1.807, 2.05) is 84.9 Å². The molecule has 3 nitrogen and oxygen atoms in total. The van der Waals surface area contributed by atoms with Gasteiger partial charge in [-0.2, -0.15) is 0 Å². The predicted octanol–water partition coefficient (Wildman–Crippen LogP) is 6.91. The van der Waals surface area contributed by atoms with Crippen molar-refractivity contribution in [3.63, 3.8) is 0 Å². The predicted molar refractivity (Wildman–Crippen MR) is 139 cm³/mol. The number of thiocarbonyl (C=S) groups is 1. The molecule has 0 bridgehead atoms. The molecule has 0 aromatic heterocycles. The van der Waals surface area contributed by atoms with Crippen molar-refractivity contribution in [3.8, 4) is 5.75 Å². The molecule has 0 N–H and O–H groups in total. The zero-order valence-corrected chi connectivity index (χ0v) is 20.3. The van der Waals surface area contributed by atoms with Crippen LogP contribution in [-0.4, -0.2) is 27.5 Å². The van der Waals surface area contributed by atoms with E-state index < -0.39 is 0 Å². The van der Waals surface area contributed by atoms with Crippen molar-refractivity contribution in [2.75, 3.05) is 12.4 Å². The minimum absolute atomic E-state index is 0.0524. The Hall–Kier alpha value is -2.25. The Morgan fingerprint density at radius 2 is 1.72 bits per heavy atom. The molecule has 1 heterocycles. The van der Waals surface area contributed by atoms with Gasteiger partial charge >= 0.3 is 0 Å². The fraction of sp³-hybridized carbons (Fsp3) is 0.120. The zero-order chi connectivity index (χ0) is 22.3. The average molecular weight is 498 g/mol. The molecule has 32 heavy (non-hydrogen) atoms. The lowest BCUT2D eigenvalue weighted by Crippen LogP contribution is -2.27. The molecule has 0 saturated carbocycles. The first kappa shape index (κ1) is 22.9.